The molecule has 0 N–H and O–H groups in total. The Morgan fingerprint density at radius 3 is 2.96 bits per heavy atom. The lowest BCUT2D eigenvalue weighted by molar-refractivity contribution is -0.137. The van der Waals surface area contributed by atoms with E-state index in [0.29, 0.717) is 30.4 Å². The monoisotopic (exact) mass is 359 g/mol. The zero-order chi connectivity index (χ0) is 18.5. The van der Waals surface area contributed by atoms with E-state index < -0.39 is 12.1 Å². The van der Waals surface area contributed by atoms with Crippen LogP contribution >= 0.6 is 0 Å². The van der Waals surface area contributed by atoms with Gasteiger partial charge in [0.1, 0.15) is 11.7 Å². The van der Waals surface area contributed by atoms with Crippen molar-refractivity contribution < 1.29 is 18.8 Å². The van der Waals surface area contributed by atoms with Crippen molar-refractivity contribution in [2.45, 2.75) is 31.8 Å². The number of aromatic nitrogens is 3. The fraction of sp³-hybridized carbons (Fsp3) is 0.471. The molecule has 2 amide bonds. The molecule has 9 nitrogen and oxygen atoms in total. The summed E-state index contributed by atoms with van der Waals surface area (Å²) in [5.74, 6) is 0.505. The van der Waals surface area contributed by atoms with Crippen LogP contribution < -0.4 is 0 Å². The van der Waals surface area contributed by atoms with Gasteiger partial charge in [-0.15, -0.1) is 0 Å². The molecule has 1 aliphatic rings. The highest BCUT2D eigenvalue weighted by molar-refractivity contribution is 5.85. The van der Waals surface area contributed by atoms with Gasteiger partial charge in [0.2, 0.25) is 17.6 Å². The fourth-order valence-corrected chi connectivity index (χ4v) is 2.98. The van der Waals surface area contributed by atoms with Gasteiger partial charge in [0.25, 0.3) is 0 Å². The number of hydrogen-bond acceptors (Lipinski definition) is 7. The summed E-state index contributed by atoms with van der Waals surface area (Å²) in [4.78, 5) is 36.1. The normalized spacial score (nSPS) is 17.0. The molecule has 2 aromatic heterocycles. The van der Waals surface area contributed by atoms with Gasteiger partial charge in [-0.2, -0.15) is 4.98 Å². The van der Waals surface area contributed by atoms with E-state index in [-0.39, 0.29) is 12.5 Å². The molecular formula is C17H21N5O4. The van der Waals surface area contributed by atoms with Crippen molar-refractivity contribution >= 4 is 12.0 Å². The van der Waals surface area contributed by atoms with Crippen LogP contribution in [0.25, 0.3) is 11.5 Å². The van der Waals surface area contributed by atoms with Gasteiger partial charge < -0.3 is 14.2 Å². The first-order valence-corrected chi connectivity index (χ1v) is 8.43. The molecule has 9 heteroatoms. The van der Waals surface area contributed by atoms with Crippen LogP contribution in [-0.4, -0.2) is 63.7 Å². The molecular weight excluding hydrogens is 338 g/mol. The second kappa shape index (κ2) is 7.94. The summed E-state index contributed by atoms with van der Waals surface area (Å²) < 4.78 is 10.0. The molecule has 0 aromatic carbocycles. The Morgan fingerprint density at radius 1 is 1.38 bits per heavy atom. The van der Waals surface area contributed by atoms with Crippen LogP contribution in [0.3, 0.4) is 0 Å². The quantitative estimate of drug-likeness (QED) is 0.819. The summed E-state index contributed by atoms with van der Waals surface area (Å²) >= 11 is 0. The van der Waals surface area contributed by atoms with Crippen molar-refractivity contribution in [3.8, 4) is 11.5 Å². The van der Waals surface area contributed by atoms with Crippen molar-refractivity contribution in [3.63, 3.8) is 0 Å². The summed E-state index contributed by atoms with van der Waals surface area (Å²) in [5, 5.41) is 3.90. The molecule has 0 aliphatic carbocycles. The lowest BCUT2D eigenvalue weighted by Crippen LogP contribution is -2.52. The maximum Gasteiger partial charge on any atom is 0.410 e. The average Bonchev–Trinajstić information content (AvgIpc) is 3.16. The molecule has 2 aromatic rings. The van der Waals surface area contributed by atoms with Gasteiger partial charge in [0, 0.05) is 19.8 Å². The molecule has 0 saturated carbocycles. The summed E-state index contributed by atoms with van der Waals surface area (Å²) in [7, 11) is 2.97. The largest absolute Gasteiger partial charge is 0.453 e. The number of likely N-dealkylation sites (N-methyl/N-ethyl adjacent to an activating group) is 1. The maximum atomic E-state index is 12.8. The minimum atomic E-state index is -0.528. The van der Waals surface area contributed by atoms with Crippen LogP contribution in [0.2, 0.25) is 0 Å². The standard InChI is InChI=1S/C17H21N5O4/c1-21(16(23)13-8-4-6-10-22(13)17(24)25-2)11-14-19-15(20-26-14)12-7-3-5-9-18-12/h3,5,7,9,13H,4,6,8,10-11H2,1-2H3. The summed E-state index contributed by atoms with van der Waals surface area (Å²) in [6.07, 6.45) is 3.53. The molecule has 3 rings (SSSR count). The van der Waals surface area contributed by atoms with Crippen LogP contribution in [0, 0.1) is 0 Å². The van der Waals surface area contributed by atoms with Gasteiger partial charge >= 0.3 is 6.09 Å². The predicted molar refractivity (Wildman–Crippen MR) is 90.8 cm³/mol. The SMILES string of the molecule is COC(=O)N1CCCCC1C(=O)N(C)Cc1nc(-c2ccccn2)no1. The van der Waals surface area contributed by atoms with E-state index in [1.165, 1.54) is 16.9 Å². The number of likely N-dealkylation sites (tertiary alicyclic amines) is 1. The Bertz CT molecular complexity index is 764. The van der Waals surface area contributed by atoms with Gasteiger partial charge in [-0.05, 0) is 31.4 Å². The van der Waals surface area contributed by atoms with Crippen molar-refractivity contribution in [2.75, 3.05) is 20.7 Å². The van der Waals surface area contributed by atoms with E-state index in [9.17, 15) is 9.59 Å². The van der Waals surface area contributed by atoms with E-state index in [2.05, 4.69) is 15.1 Å². The summed E-state index contributed by atoms with van der Waals surface area (Å²) in [6, 6.07) is 4.88. The predicted octanol–water partition coefficient (Wildman–Crippen LogP) is 1.71. The topological polar surface area (TPSA) is 102 Å². The van der Waals surface area contributed by atoms with Crippen LogP contribution in [0.4, 0.5) is 4.79 Å². The van der Waals surface area contributed by atoms with Crippen molar-refractivity contribution in [1.82, 2.24) is 24.9 Å². The average molecular weight is 359 g/mol. The van der Waals surface area contributed by atoms with Crippen LogP contribution in [0.1, 0.15) is 25.2 Å². The molecule has 0 bridgehead atoms. The molecule has 3 heterocycles. The maximum absolute atomic E-state index is 12.8. The molecule has 1 aliphatic heterocycles. The third-order valence-electron chi connectivity index (χ3n) is 4.31. The van der Waals surface area contributed by atoms with Crippen molar-refractivity contribution in [2.24, 2.45) is 0 Å². The minimum Gasteiger partial charge on any atom is -0.453 e. The molecule has 26 heavy (non-hydrogen) atoms. The highest BCUT2D eigenvalue weighted by Gasteiger charge is 2.34. The Kier molecular flexibility index (Phi) is 5.45. The number of amides is 2. The Hall–Kier alpha value is -2.97. The second-order valence-electron chi connectivity index (χ2n) is 6.10. The second-order valence-corrected chi connectivity index (χ2v) is 6.10. The Labute approximate surface area is 150 Å². The first kappa shape index (κ1) is 17.8. The highest BCUT2D eigenvalue weighted by Crippen LogP contribution is 2.20. The van der Waals surface area contributed by atoms with Gasteiger partial charge in [0.15, 0.2) is 0 Å². The lowest BCUT2D eigenvalue weighted by Gasteiger charge is -2.35. The number of methoxy groups -OCH3 is 1. The molecule has 138 valence electrons. The number of rotatable bonds is 4. The zero-order valence-corrected chi connectivity index (χ0v) is 14.8. The van der Waals surface area contributed by atoms with E-state index >= 15 is 0 Å². The number of piperidine rings is 1. The van der Waals surface area contributed by atoms with Crippen LogP contribution in [0.15, 0.2) is 28.9 Å². The number of ether oxygens (including phenoxy) is 1. The smallest absolute Gasteiger partial charge is 0.410 e. The van der Waals surface area contributed by atoms with Gasteiger partial charge in [0.05, 0.1) is 13.7 Å². The lowest BCUT2D eigenvalue weighted by atomic mass is 10.0. The van der Waals surface area contributed by atoms with E-state index in [4.69, 9.17) is 9.26 Å². The number of pyridine rings is 1. The van der Waals surface area contributed by atoms with E-state index in [1.807, 2.05) is 6.07 Å². The van der Waals surface area contributed by atoms with Gasteiger partial charge in [-0.3, -0.25) is 14.7 Å². The number of hydrogen-bond donors (Lipinski definition) is 0. The van der Waals surface area contributed by atoms with E-state index in [1.54, 1.807) is 25.4 Å². The van der Waals surface area contributed by atoms with Gasteiger partial charge in [-0.25, -0.2) is 4.79 Å². The van der Waals surface area contributed by atoms with Crippen molar-refractivity contribution in [3.05, 3.63) is 30.3 Å². The third kappa shape index (κ3) is 3.81. The zero-order valence-electron chi connectivity index (χ0n) is 14.8. The third-order valence-corrected chi connectivity index (χ3v) is 4.31. The minimum absolute atomic E-state index is 0.157. The van der Waals surface area contributed by atoms with E-state index in [0.717, 1.165) is 12.8 Å². The number of carbonyl (C=O) groups excluding carboxylic acids is 2. The Morgan fingerprint density at radius 2 is 2.23 bits per heavy atom. The molecule has 1 unspecified atom stereocenters. The Balaban J connectivity index is 1.67. The molecule has 0 radical (unpaired) electrons. The summed E-state index contributed by atoms with van der Waals surface area (Å²) in [6.45, 7) is 0.672. The highest BCUT2D eigenvalue weighted by atomic mass is 16.5. The molecule has 1 atom stereocenters. The first-order valence-electron chi connectivity index (χ1n) is 8.43. The molecule has 0 spiro atoms. The van der Waals surface area contributed by atoms with Crippen molar-refractivity contribution in [1.29, 1.82) is 0 Å². The van der Waals surface area contributed by atoms with Crippen LogP contribution in [-0.2, 0) is 16.1 Å². The molecule has 1 fully saturated rings. The number of carbonyl (C=O) groups is 2. The fourth-order valence-electron chi connectivity index (χ4n) is 2.98. The van der Waals surface area contributed by atoms with Gasteiger partial charge in [-0.1, -0.05) is 11.2 Å². The first-order chi connectivity index (χ1) is 12.6. The summed E-state index contributed by atoms with van der Waals surface area (Å²) in [5.41, 5.74) is 0.598. The molecule has 1 saturated heterocycles. The van der Waals surface area contributed by atoms with Crippen LogP contribution in [0.5, 0.6) is 0 Å². The number of nitrogens with zero attached hydrogens (tertiary/aromatic N) is 5.